The molecule has 0 aliphatic heterocycles. The second-order valence-corrected chi connectivity index (χ2v) is 3.83. The Kier molecular flexibility index (Phi) is 36.0. The van der Waals surface area contributed by atoms with E-state index in [2.05, 4.69) is 23.3 Å². The van der Waals surface area contributed by atoms with Crippen LogP contribution in [0.3, 0.4) is 0 Å². The predicted octanol–water partition coefficient (Wildman–Crippen LogP) is 5.31. The van der Waals surface area contributed by atoms with Gasteiger partial charge in [0.05, 0.1) is 0 Å². The van der Waals surface area contributed by atoms with Crippen molar-refractivity contribution in [1.29, 1.82) is 0 Å². The third-order valence-electron chi connectivity index (χ3n) is 1.33. The van der Waals surface area contributed by atoms with Crippen molar-refractivity contribution in [1.82, 2.24) is 0 Å². The van der Waals surface area contributed by atoms with E-state index >= 15 is 0 Å². The highest BCUT2D eigenvalue weighted by atomic mass is 16.5. The van der Waals surface area contributed by atoms with Crippen LogP contribution < -0.4 is 0 Å². The van der Waals surface area contributed by atoms with Crippen molar-refractivity contribution in [2.24, 2.45) is 0 Å². The molecule has 0 saturated carbocycles. The minimum absolute atomic E-state index is 1.25. The number of rotatable bonds is 0. The molecule has 0 bridgehead atoms. The van der Waals surface area contributed by atoms with Crippen LogP contribution in [0.25, 0.3) is 0 Å². The molecule has 0 unspecified atom stereocenters. The molecule has 2 aromatic carbocycles. The summed E-state index contributed by atoms with van der Waals surface area (Å²) in [6, 6.07) is 24.0. The molecular formula is C19H32O2. The number of methoxy groups -OCH3 is 2. The Morgan fingerprint density at radius 1 is 0.429 bits per heavy atom. The molecule has 0 heterocycles. The normalized spacial score (nSPS) is 7.14. The molecule has 2 rings (SSSR count). The molecule has 0 aromatic heterocycles. The van der Waals surface area contributed by atoms with Crippen LogP contribution in [0.5, 0.6) is 0 Å². The van der Waals surface area contributed by atoms with Gasteiger partial charge in [0, 0.05) is 28.4 Å². The highest BCUT2D eigenvalue weighted by Gasteiger charge is 1.58. The Morgan fingerprint density at radius 3 is 0.524 bits per heavy atom. The van der Waals surface area contributed by atoms with E-state index in [-0.39, 0.29) is 0 Å². The average molecular weight is 292 g/mol. The van der Waals surface area contributed by atoms with Gasteiger partial charge in [-0.25, -0.2) is 0 Å². The smallest absolute Gasteiger partial charge is 0.0351 e. The van der Waals surface area contributed by atoms with Gasteiger partial charge in [-0.3, -0.25) is 0 Å². The molecule has 2 nitrogen and oxygen atoms in total. The highest BCUT2D eigenvalue weighted by Crippen LogP contribution is 1.80. The topological polar surface area (TPSA) is 18.5 Å². The van der Waals surface area contributed by atoms with Crippen molar-refractivity contribution in [2.75, 3.05) is 28.4 Å². The third-order valence-corrected chi connectivity index (χ3v) is 1.33. The number of hydrogen-bond acceptors (Lipinski definition) is 2. The van der Waals surface area contributed by atoms with Crippen molar-refractivity contribution in [2.45, 2.75) is 20.3 Å². The first-order chi connectivity index (χ1) is 10.2. The minimum atomic E-state index is 1.25. The lowest BCUT2D eigenvalue weighted by Gasteiger charge is -1.69. The summed E-state index contributed by atoms with van der Waals surface area (Å²) in [5, 5.41) is 0. The van der Waals surface area contributed by atoms with Gasteiger partial charge >= 0.3 is 0 Å². The first-order valence-corrected chi connectivity index (χ1v) is 7.05. The maximum Gasteiger partial charge on any atom is 0.0351 e. The molecule has 0 amide bonds. The quantitative estimate of drug-likeness (QED) is 0.654. The van der Waals surface area contributed by atoms with E-state index in [4.69, 9.17) is 0 Å². The summed E-state index contributed by atoms with van der Waals surface area (Å²) >= 11 is 0. The molecule has 0 radical (unpaired) electrons. The van der Waals surface area contributed by atoms with Gasteiger partial charge in [0.15, 0.2) is 0 Å². The van der Waals surface area contributed by atoms with E-state index in [1.807, 2.05) is 72.8 Å². The first-order valence-electron chi connectivity index (χ1n) is 7.05. The zero-order valence-corrected chi connectivity index (χ0v) is 14.5. The molecule has 2 aromatic rings. The van der Waals surface area contributed by atoms with Crippen molar-refractivity contribution >= 4 is 0 Å². The van der Waals surface area contributed by atoms with Gasteiger partial charge in [0.2, 0.25) is 0 Å². The highest BCUT2D eigenvalue weighted by molar-refractivity contribution is 4.99. The van der Waals surface area contributed by atoms with Crippen LogP contribution in [-0.4, -0.2) is 28.4 Å². The molecule has 120 valence electrons. The van der Waals surface area contributed by atoms with E-state index in [0.29, 0.717) is 0 Å². The molecule has 0 atom stereocenters. The van der Waals surface area contributed by atoms with E-state index in [0.717, 1.165) is 0 Å². The molecule has 21 heavy (non-hydrogen) atoms. The van der Waals surface area contributed by atoms with Gasteiger partial charge in [-0.05, 0) is 0 Å². The monoisotopic (exact) mass is 292 g/mol. The molecule has 0 saturated heterocycles. The van der Waals surface area contributed by atoms with Crippen LogP contribution in [-0.2, 0) is 9.47 Å². The second-order valence-electron chi connectivity index (χ2n) is 3.83. The van der Waals surface area contributed by atoms with E-state index in [1.165, 1.54) is 6.42 Å². The molecule has 0 aliphatic rings. The summed E-state index contributed by atoms with van der Waals surface area (Å²) in [5.74, 6) is 0. The second kappa shape index (κ2) is 31.0. The molecule has 0 fully saturated rings. The fraction of sp³-hybridized carbons (Fsp3) is 0.368. The summed E-state index contributed by atoms with van der Waals surface area (Å²) in [5.41, 5.74) is 0. The van der Waals surface area contributed by atoms with Crippen molar-refractivity contribution in [3.63, 3.8) is 0 Å². The zero-order valence-electron chi connectivity index (χ0n) is 14.5. The first kappa shape index (κ1) is 24.4. The molecule has 0 aliphatic carbocycles. The fourth-order valence-electron chi connectivity index (χ4n) is 0.770. The Morgan fingerprint density at radius 2 is 0.476 bits per heavy atom. The average Bonchev–Trinajstić information content (AvgIpc) is 2.54. The Hall–Kier alpha value is -1.64. The summed E-state index contributed by atoms with van der Waals surface area (Å²) in [4.78, 5) is 0. The van der Waals surface area contributed by atoms with E-state index in [1.54, 1.807) is 28.4 Å². The van der Waals surface area contributed by atoms with Crippen LogP contribution in [0.2, 0.25) is 0 Å². The summed E-state index contributed by atoms with van der Waals surface area (Å²) in [6.07, 6.45) is 1.25. The van der Waals surface area contributed by atoms with Gasteiger partial charge in [-0.1, -0.05) is 93.1 Å². The lowest BCUT2D eigenvalue weighted by atomic mass is 10.4. The van der Waals surface area contributed by atoms with Gasteiger partial charge in [-0.2, -0.15) is 0 Å². The predicted molar refractivity (Wildman–Crippen MR) is 94.7 cm³/mol. The Bertz CT molecular complexity index is 219. The lowest BCUT2D eigenvalue weighted by molar-refractivity contribution is 0.277. The van der Waals surface area contributed by atoms with Crippen LogP contribution in [0.4, 0.5) is 0 Å². The summed E-state index contributed by atoms with van der Waals surface area (Å²) in [7, 11) is 6.50. The number of benzene rings is 2. The number of hydrogen-bond donors (Lipinski definition) is 0. The van der Waals surface area contributed by atoms with E-state index in [9.17, 15) is 0 Å². The third kappa shape index (κ3) is 45.8. The van der Waals surface area contributed by atoms with Crippen LogP contribution in [0, 0.1) is 0 Å². The van der Waals surface area contributed by atoms with Crippen molar-refractivity contribution in [3.05, 3.63) is 72.8 Å². The van der Waals surface area contributed by atoms with E-state index < -0.39 is 0 Å². The SMILES string of the molecule is CCC.COC.COC.c1ccccc1.c1ccccc1. The van der Waals surface area contributed by atoms with Gasteiger partial charge in [-0.15, -0.1) is 0 Å². The van der Waals surface area contributed by atoms with Crippen LogP contribution in [0.1, 0.15) is 20.3 Å². The maximum atomic E-state index is 4.25. The van der Waals surface area contributed by atoms with Crippen molar-refractivity contribution < 1.29 is 9.47 Å². The van der Waals surface area contributed by atoms with Crippen LogP contribution in [0.15, 0.2) is 72.8 Å². The maximum absolute atomic E-state index is 4.25. The fourth-order valence-corrected chi connectivity index (χ4v) is 0.770. The minimum Gasteiger partial charge on any atom is -0.388 e. The molecule has 0 spiro atoms. The van der Waals surface area contributed by atoms with Crippen LogP contribution >= 0.6 is 0 Å². The van der Waals surface area contributed by atoms with Gasteiger partial charge in [0.1, 0.15) is 0 Å². The summed E-state index contributed by atoms with van der Waals surface area (Å²) < 4.78 is 8.50. The van der Waals surface area contributed by atoms with Crippen molar-refractivity contribution in [3.8, 4) is 0 Å². The largest absolute Gasteiger partial charge is 0.388 e. The standard InChI is InChI=1S/2C6H6.C3H8.2C2H6O/c2*1-2-4-6-5-3-1;3*1-3-2/h2*1-6H;3H2,1-2H3;2*1-2H3. The van der Waals surface area contributed by atoms with Gasteiger partial charge in [0.25, 0.3) is 0 Å². The Balaban J connectivity index is -0.000000204. The zero-order chi connectivity index (χ0) is 16.6. The Labute approximate surface area is 131 Å². The van der Waals surface area contributed by atoms with Gasteiger partial charge < -0.3 is 9.47 Å². The molecular weight excluding hydrogens is 260 g/mol. The lowest BCUT2D eigenvalue weighted by Crippen LogP contribution is -1.55. The molecule has 0 N–H and O–H groups in total. The molecule has 2 heteroatoms. The number of ether oxygens (including phenoxy) is 2. The summed E-state index contributed by atoms with van der Waals surface area (Å²) in [6.45, 7) is 4.25.